The molecule has 0 spiro atoms. The van der Waals surface area contributed by atoms with Crippen LogP contribution in [0.3, 0.4) is 0 Å². The summed E-state index contributed by atoms with van der Waals surface area (Å²) >= 11 is 3.13. The standard InChI is InChI=1S/C18H21N3O4S2/c1-2-25-18(24)21-16(23)11-9-10-26-17(11)20-14(22)7-8-15-19-12-5-3-4-6-13(12)27-15/h3-8,11,15,17,19H,2,9-10H2,1H3,(H,20,22)(H,21,23,24)/b8-7+. The average Bonchev–Trinajstić information content (AvgIpc) is 3.26. The summed E-state index contributed by atoms with van der Waals surface area (Å²) in [6.45, 7) is 1.86. The van der Waals surface area contributed by atoms with Gasteiger partial charge in [0.1, 0.15) is 0 Å². The molecule has 2 aliphatic rings. The van der Waals surface area contributed by atoms with Gasteiger partial charge in [-0.1, -0.05) is 23.9 Å². The Balaban J connectivity index is 1.50. The van der Waals surface area contributed by atoms with Crippen molar-refractivity contribution in [2.24, 2.45) is 5.92 Å². The SMILES string of the molecule is CCOC(=O)NC(=O)C1CCSC1NC(=O)/C=C/C1Nc2ccccc2S1. The number of rotatable bonds is 5. The van der Waals surface area contributed by atoms with Crippen LogP contribution in [0.4, 0.5) is 10.5 Å². The largest absolute Gasteiger partial charge is 0.450 e. The molecule has 0 aliphatic carbocycles. The first-order chi connectivity index (χ1) is 13.1. The fourth-order valence-electron chi connectivity index (χ4n) is 2.82. The van der Waals surface area contributed by atoms with Gasteiger partial charge in [-0.05, 0) is 37.3 Å². The Kier molecular flexibility index (Phi) is 6.68. The molecule has 0 bridgehead atoms. The first kappa shape index (κ1) is 19.6. The minimum absolute atomic E-state index is 0.00714. The minimum Gasteiger partial charge on any atom is -0.450 e. The lowest BCUT2D eigenvalue weighted by Gasteiger charge is -2.18. The number of benzene rings is 1. The lowest BCUT2D eigenvalue weighted by Crippen LogP contribution is -2.44. The third-order valence-corrected chi connectivity index (χ3v) is 6.49. The van der Waals surface area contributed by atoms with E-state index in [4.69, 9.17) is 4.74 Å². The molecule has 2 aliphatic heterocycles. The van der Waals surface area contributed by atoms with E-state index in [0.717, 1.165) is 16.3 Å². The van der Waals surface area contributed by atoms with Gasteiger partial charge in [0.2, 0.25) is 11.8 Å². The van der Waals surface area contributed by atoms with Crippen LogP contribution >= 0.6 is 23.5 Å². The molecule has 144 valence electrons. The lowest BCUT2D eigenvalue weighted by molar-refractivity contribution is -0.124. The van der Waals surface area contributed by atoms with Crippen molar-refractivity contribution in [3.63, 3.8) is 0 Å². The number of ether oxygens (including phenoxy) is 1. The van der Waals surface area contributed by atoms with E-state index in [-0.39, 0.29) is 23.3 Å². The first-order valence-electron chi connectivity index (χ1n) is 8.67. The summed E-state index contributed by atoms with van der Waals surface area (Å²) in [5.74, 6) is -0.400. The Morgan fingerprint density at radius 1 is 1.33 bits per heavy atom. The van der Waals surface area contributed by atoms with Crippen molar-refractivity contribution in [3.05, 3.63) is 36.4 Å². The molecular formula is C18H21N3O4S2. The van der Waals surface area contributed by atoms with Gasteiger partial charge in [0.25, 0.3) is 0 Å². The smallest absolute Gasteiger partial charge is 0.413 e. The van der Waals surface area contributed by atoms with Crippen molar-refractivity contribution in [1.29, 1.82) is 0 Å². The zero-order valence-corrected chi connectivity index (χ0v) is 16.4. The number of amides is 3. The molecule has 3 rings (SSSR count). The highest BCUT2D eigenvalue weighted by Gasteiger charge is 2.35. The number of thioether (sulfide) groups is 2. The van der Waals surface area contributed by atoms with Crippen molar-refractivity contribution in [3.8, 4) is 0 Å². The molecule has 2 heterocycles. The van der Waals surface area contributed by atoms with Gasteiger partial charge in [-0.25, -0.2) is 4.79 Å². The summed E-state index contributed by atoms with van der Waals surface area (Å²) in [5, 5.41) is 8.01. The van der Waals surface area contributed by atoms with Crippen molar-refractivity contribution in [1.82, 2.24) is 10.6 Å². The second-order valence-electron chi connectivity index (χ2n) is 5.94. The van der Waals surface area contributed by atoms with Gasteiger partial charge < -0.3 is 15.4 Å². The maximum atomic E-state index is 12.2. The van der Waals surface area contributed by atoms with Crippen molar-refractivity contribution in [2.45, 2.75) is 29.0 Å². The van der Waals surface area contributed by atoms with Crippen LogP contribution in [0.25, 0.3) is 0 Å². The molecule has 1 aromatic carbocycles. The summed E-state index contributed by atoms with van der Waals surface area (Å²) in [4.78, 5) is 37.0. The van der Waals surface area contributed by atoms with E-state index >= 15 is 0 Å². The number of fused-ring (bicyclic) bond motifs is 1. The van der Waals surface area contributed by atoms with Gasteiger partial charge in [0.15, 0.2) is 0 Å². The van der Waals surface area contributed by atoms with Gasteiger partial charge in [0.05, 0.1) is 23.3 Å². The summed E-state index contributed by atoms with van der Waals surface area (Å²) in [6, 6.07) is 7.97. The van der Waals surface area contributed by atoms with E-state index in [1.54, 1.807) is 24.8 Å². The Labute approximate surface area is 166 Å². The van der Waals surface area contributed by atoms with E-state index < -0.39 is 17.9 Å². The second-order valence-corrected chi connectivity index (χ2v) is 8.38. The second kappa shape index (κ2) is 9.18. The predicted molar refractivity (Wildman–Crippen MR) is 107 cm³/mol. The molecule has 1 aromatic rings. The van der Waals surface area contributed by atoms with Crippen LogP contribution in [0, 0.1) is 5.92 Å². The van der Waals surface area contributed by atoms with Crippen LogP contribution in [0.5, 0.6) is 0 Å². The maximum absolute atomic E-state index is 12.2. The van der Waals surface area contributed by atoms with Gasteiger partial charge in [-0.2, -0.15) is 0 Å². The summed E-state index contributed by atoms with van der Waals surface area (Å²) in [6.07, 6.45) is 3.12. The Morgan fingerprint density at radius 2 is 2.15 bits per heavy atom. The van der Waals surface area contributed by atoms with Crippen LogP contribution in [-0.2, 0) is 14.3 Å². The monoisotopic (exact) mass is 407 g/mol. The molecule has 0 aromatic heterocycles. The molecule has 3 unspecified atom stereocenters. The topological polar surface area (TPSA) is 96.5 Å². The van der Waals surface area contributed by atoms with Crippen LogP contribution in [0.2, 0.25) is 0 Å². The number of hydrogen-bond acceptors (Lipinski definition) is 7. The van der Waals surface area contributed by atoms with Gasteiger partial charge >= 0.3 is 6.09 Å². The molecule has 7 nitrogen and oxygen atoms in total. The summed E-state index contributed by atoms with van der Waals surface area (Å²) < 4.78 is 4.73. The van der Waals surface area contributed by atoms with Gasteiger partial charge in [-0.3, -0.25) is 14.9 Å². The van der Waals surface area contributed by atoms with Crippen molar-refractivity contribution in [2.75, 3.05) is 17.7 Å². The molecule has 9 heteroatoms. The summed E-state index contributed by atoms with van der Waals surface area (Å²) in [5.41, 5.74) is 1.06. The Hall–Kier alpha value is -2.13. The maximum Gasteiger partial charge on any atom is 0.413 e. The van der Waals surface area contributed by atoms with Crippen LogP contribution < -0.4 is 16.0 Å². The third kappa shape index (κ3) is 5.20. The molecule has 3 atom stereocenters. The van der Waals surface area contributed by atoms with E-state index in [2.05, 4.69) is 16.0 Å². The number of alkyl carbamates (subject to hydrolysis) is 1. The zero-order chi connectivity index (χ0) is 19.2. The third-order valence-electron chi connectivity index (χ3n) is 4.07. The molecule has 27 heavy (non-hydrogen) atoms. The number of carbonyl (C=O) groups is 3. The van der Waals surface area contributed by atoms with E-state index in [1.165, 1.54) is 17.8 Å². The highest BCUT2D eigenvalue weighted by Crippen LogP contribution is 2.38. The predicted octanol–water partition coefficient (Wildman–Crippen LogP) is 2.55. The van der Waals surface area contributed by atoms with E-state index in [9.17, 15) is 14.4 Å². The number of carbonyl (C=O) groups excluding carboxylic acids is 3. The normalized spacial score (nSPS) is 23.5. The number of imide groups is 1. The minimum atomic E-state index is -0.756. The van der Waals surface area contributed by atoms with Crippen LogP contribution in [-0.4, -0.2) is 41.0 Å². The number of hydrogen-bond donors (Lipinski definition) is 3. The molecule has 0 saturated carbocycles. The molecule has 3 amide bonds. The molecule has 0 radical (unpaired) electrons. The quantitative estimate of drug-likeness (QED) is 0.646. The van der Waals surface area contributed by atoms with Gasteiger partial charge in [0, 0.05) is 16.7 Å². The Bertz CT molecular complexity index is 731. The number of para-hydroxylation sites is 1. The molecular weight excluding hydrogens is 386 g/mol. The van der Waals surface area contributed by atoms with Gasteiger partial charge in [-0.15, -0.1) is 11.8 Å². The van der Waals surface area contributed by atoms with Crippen LogP contribution in [0.15, 0.2) is 41.3 Å². The van der Waals surface area contributed by atoms with E-state index in [1.807, 2.05) is 24.3 Å². The highest BCUT2D eigenvalue weighted by atomic mass is 32.2. The zero-order valence-electron chi connectivity index (χ0n) is 14.8. The van der Waals surface area contributed by atoms with E-state index in [0.29, 0.717) is 6.42 Å². The Morgan fingerprint density at radius 3 is 2.93 bits per heavy atom. The molecule has 1 saturated heterocycles. The highest BCUT2D eigenvalue weighted by molar-refractivity contribution is 8.00. The molecule has 3 N–H and O–H groups in total. The number of anilines is 1. The molecule has 1 fully saturated rings. The van der Waals surface area contributed by atoms with Crippen LogP contribution in [0.1, 0.15) is 13.3 Å². The first-order valence-corrected chi connectivity index (χ1v) is 10.6. The van der Waals surface area contributed by atoms with Crippen molar-refractivity contribution < 1.29 is 19.1 Å². The van der Waals surface area contributed by atoms with Crippen molar-refractivity contribution >= 4 is 47.1 Å². The summed E-state index contributed by atoms with van der Waals surface area (Å²) in [7, 11) is 0. The fraction of sp³-hybridized carbons (Fsp3) is 0.389. The lowest BCUT2D eigenvalue weighted by atomic mass is 10.1. The fourth-order valence-corrected chi connectivity index (χ4v) is 5.18. The average molecular weight is 408 g/mol. The number of nitrogens with one attached hydrogen (secondary N) is 3.